The average Bonchev–Trinajstić information content (AvgIpc) is 2.50. The van der Waals surface area contributed by atoms with Gasteiger partial charge in [-0.2, -0.15) is 0 Å². The lowest BCUT2D eigenvalue weighted by atomic mass is 10.2. The lowest BCUT2D eigenvalue weighted by Crippen LogP contribution is -2.14. The van der Waals surface area contributed by atoms with Crippen LogP contribution in [0.1, 0.15) is 30.0 Å². The van der Waals surface area contributed by atoms with E-state index in [4.69, 9.17) is 9.47 Å². The van der Waals surface area contributed by atoms with Gasteiger partial charge in [0, 0.05) is 17.4 Å². The number of nitrogens with zero attached hydrogens (tertiary/aromatic N) is 1. The lowest BCUT2D eigenvalue weighted by molar-refractivity contribution is 0.102. The molecule has 0 radical (unpaired) electrons. The van der Waals surface area contributed by atoms with Crippen LogP contribution < -0.4 is 14.8 Å². The van der Waals surface area contributed by atoms with E-state index < -0.39 is 0 Å². The zero-order chi connectivity index (χ0) is 15.9. The van der Waals surface area contributed by atoms with Crippen LogP contribution in [0.15, 0.2) is 36.4 Å². The van der Waals surface area contributed by atoms with Crippen LogP contribution in [0.5, 0.6) is 11.5 Å². The van der Waals surface area contributed by atoms with Crippen LogP contribution in [0, 0.1) is 6.92 Å². The number of aryl methyl sites for hydroxylation is 1. The Bertz CT molecular complexity index is 656. The van der Waals surface area contributed by atoms with Gasteiger partial charge in [-0.05, 0) is 45.0 Å². The van der Waals surface area contributed by atoms with Gasteiger partial charge >= 0.3 is 0 Å². The van der Waals surface area contributed by atoms with Crippen molar-refractivity contribution in [2.75, 3.05) is 18.5 Å². The van der Waals surface area contributed by atoms with E-state index in [2.05, 4.69) is 10.3 Å². The fourth-order valence-corrected chi connectivity index (χ4v) is 1.99. The molecule has 1 N–H and O–H groups in total. The molecule has 0 saturated heterocycles. The monoisotopic (exact) mass is 300 g/mol. The molecule has 2 rings (SSSR count). The van der Waals surface area contributed by atoms with Crippen LogP contribution in [-0.4, -0.2) is 24.1 Å². The molecule has 5 nitrogen and oxygen atoms in total. The maximum absolute atomic E-state index is 12.2. The Kier molecular flexibility index (Phi) is 5.36. The largest absolute Gasteiger partial charge is 0.490 e. The normalized spacial score (nSPS) is 10.1. The molecule has 1 amide bonds. The van der Waals surface area contributed by atoms with Crippen molar-refractivity contribution in [3.63, 3.8) is 0 Å². The molecule has 5 heteroatoms. The van der Waals surface area contributed by atoms with Crippen LogP contribution in [0.3, 0.4) is 0 Å². The number of pyridine rings is 1. The number of carbonyl (C=O) groups is 1. The summed E-state index contributed by atoms with van der Waals surface area (Å²) in [5, 5.41) is 2.82. The van der Waals surface area contributed by atoms with E-state index in [-0.39, 0.29) is 5.91 Å². The minimum atomic E-state index is -0.254. The maximum atomic E-state index is 12.2. The minimum Gasteiger partial charge on any atom is -0.490 e. The Labute approximate surface area is 130 Å². The molecule has 116 valence electrons. The molecule has 1 heterocycles. The second-order valence-electron chi connectivity index (χ2n) is 4.65. The average molecular weight is 300 g/mol. The Morgan fingerprint density at radius 3 is 2.50 bits per heavy atom. The van der Waals surface area contributed by atoms with Crippen molar-refractivity contribution < 1.29 is 14.3 Å². The Balaban J connectivity index is 2.18. The van der Waals surface area contributed by atoms with E-state index in [1.807, 2.05) is 26.8 Å². The summed E-state index contributed by atoms with van der Waals surface area (Å²) in [5.74, 6) is 1.02. The van der Waals surface area contributed by atoms with Gasteiger partial charge < -0.3 is 14.8 Å². The number of nitrogens with one attached hydrogen (secondary N) is 1. The van der Waals surface area contributed by atoms with Crippen LogP contribution in [0.2, 0.25) is 0 Å². The van der Waals surface area contributed by atoms with Crippen molar-refractivity contribution in [1.29, 1.82) is 0 Å². The van der Waals surface area contributed by atoms with E-state index >= 15 is 0 Å². The van der Waals surface area contributed by atoms with Crippen LogP contribution in [0.4, 0.5) is 5.69 Å². The Morgan fingerprint density at radius 2 is 1.82 bits per heavy atom. The molecule has 1 aromatic heterocycles. The standard InChI is InChI=1S/C17H20N2O3/c1-4-21-15-10-9-13(11-16(15)22-5-2)19-17(20)14-8-6-7-12(3)18-14/h6-11H,4-5H2,1-3H3,(H,19,20). The predicted octanol–water partition coefficient (Wildman–Crippen LogP) is 3.44. The fraction of sp³-hybridized carbons (Fsp3) is 0.294. The molecule has 0 aliphatic rings. The highest BCUT2D eigenvalue weighted by molar-refractivity contribution is 6.03. The topological polar surface area (TPSA) is 60.5 Å². The van der Waals surface area contributed by atoms with Gasteiger partial charge in [0.15, 0.2) is 11.5 Å². The van der Waals surface area contributed by atoms with E-state index in [9.17, 15) is 4.79 Å². The molecule has 1 aromatic carbocycles. The summed E-state index contributed by atoms with van der Waals surface area (Å²) in [6.07, 6.45) is 0. The molecule has 0 saturated carbocycles. The summed E-state index contributed by atoms with van der Waals surface area (Å²) in [6.45, 7) is 6.74. The van der Waals surface area contributed by atoms with Crippen LogP contribution in [-0.2, 0) is 0 Å². The second-order valence-corrected chi connectivity index (χ2v) is 4.65. The first kappa shape index (κ1) is 15.8. The Morgan fingerprint density at radius 1 is 1.09 bits per heavy atom. The molecule has 22 heavy (non-hydrogen) atoms. The van der Waals surface area contributed by atoms with Gasteiger partial charge in [0.1, 0.15) is 5.69 Å². The third-order valence-corrected chi connectivity index (χ3v) is 2.92. The number of ether oxygens (including phenoxy) is 2. The number of amides is 1. The zero-order valence-corrected chi connectivity index (χ0v) is 13.1. The highest BCUT2D eigenvalue weighted by Gasteiger charge is 2.11. The number of rotatable bonds is 6. The summed E-state index contributed by atoms with van der Waals surface area (Å²) >= 11 is 0. The molecule has 2 aromatic rings. The van der Waals surface area contributed by atoms with E-state index in [0.29, 0.717) is 36.1 Å². The fourth-order valence-electron chi connectivity index (χ4n) is 1.99. The maximum Gasteiger partial charge on any atom is 0.274 e. The van der Waals surface area contributed by atoms with E-state index in [1.54, 1.807) is 30.3 Å². The summed E-state index contributed by atoms with van der Waals surface area (Å²) in [5.41, 5.74) is 1.82. The van der Waals surface area contributed by atoms with Gasteiger partial charge in [0.05, 0.1) is 13.2 Å². The van der Waals surface area contributed by atoms with Gasteiger partial charge in [0.2, 0.25) is 0 Å². The van der Waals surface area contributed by atoms with Gasteiger partial charge in [-0.3, -0.25) is 4.79 Å². The van der Waals surface area contributed by atoms with Crippen molar-refractivity contribution in [2.24, 2.45) is 0 Å². The van der Waals surface area contributed by atoms with Gasteiger partial charge in [-0.25, -0.2) is 4.98 Å². The third-order valence-electron chi connectivity index (χ3n) is 2.92. The number of hydrogen-bond acceptors (Lipinski definition) is 4. The molecular formula is C17H20N2O3. The van der Waals surface area contributed by atoms with Gasteiger partial charge in [-0.15, -0.1) is 0 Å². The van der Waals surface area contributed by atoms with E-state index in [1.165, 1.54) is 0 Å². The molecule has 0 aliphatic heterocycles. The zero-order valence-electron chi connectivity index (χ0n) is 13.1. The third kappa shape index (κ3) is 3.97. The number of aromatic nitrogens is 1. The number of benzene rings is 1. The summed E-state index contributed by atoms with van der Waals surface area (Å²) < 4.78 is 11.0. The molecule has 0 unspecified atom stereocenters. The predicted molar refractivity (Wildman–Crippen MR) is 85.7 cm³/mol. The lowest BCUT2D eigenvalue weighted by Gasteiger charge is -2.13. The van der Waals surface area contributed by atoms with Crippen molar-refractivity contribution in [3.8, 4) is 11.5 Å². The van der Waals surface area contributed by atoms with Crippen molar-refractivity contribution in [1.82, 2.24) is 4.98 Å². The first-order valence-corrected chi connectivity index (χ1v) is 7.28. The molecule has 0 atom stereocenters. The molecule has 0 bridgehead atoms. The van der Waals surface area contributed by atoms with Gasteiger partial charge in [0.25, 0.3) is 5.91 Å². The van der Waals surface area contributed by atoms with Crippen LogP contribution >= 0.6 is 0 Å². The smallest absolute Gasteiger partial charge is 0.274 e. The summed E-state index contributed by atoms with van der Waals surface area (Å²) in [7, 11) is 0. The highest BCUT2D eigenvalue weighted by Crippen LogP contribution is 2.30. The SMILES string of the molecule is CCOc1ccc(NC(=O)c2cccc(C)n2)cc1OCC. The van der Waals surface area contributed by atoms with Gasteiger partial charge in [-0.1, -0.05) is 6.07 Å². The number of hydrogen-bond donors (Lipinski definition) is 1. The first-order chi connectivity index (χ1) is 10.6. The minimum absolute atomic E-state index is 0.254. The quantitative estimate of drug-likeness (QED) is 0.887. The highest BCUT2D eigenvalue weighted by atomic mass is 16.5. The number of carbonyl (C=O) groups excluding carboxylic acids is 1. The van der Waals surface area contributed by atoms with Crippen molar-refractivity contribution in [3.05, 3.63) is 47.8 Å². The Hall–Kier alpha value is -2.56. The molecule has 0 fully saturated rings. The molecule has 0 spiro atoms. The first-order valence-electron chi connectivity index (χ1n) is 7.28. The molecule has 0 aliphatic carbocycles. The van der Waals surface area contributed by atoms with E-state index in [0.717, 1.165) is 5.69 Å². The second kappa shape index (κ2) is 7.45. The summed E-state index contributed by atoms with van der Waals surface area (Å²) in [4.78, 5) is 16.4. The summed E-state index contributed by atoms with van der Waals surface area (Å²) in [6, 6.07) is 10.7. The van der Waals surface area contributed by atoms with Crippen LogP contribution in [0.25, 0.3) is 0 Å². The number of anilines is 1. The van der Waals surface area contributed by atoms with Crippen molar-refractivity contribution in [2.45, 2.75) is 20.8 Å². The molecular weight excluding hydrogens is 280 g/mol. The van der Waals surface area contributed by atoms with Crippen molar-refractivity contribution >= 4 is 11.6 Å².